The van der Waals surface area contributed by atoms with Gasteiger partial charge in [0.05, 0.1) is 6.61 Å². The lowest BCUT2D eigenvalue weighted by atomic mass is 9.83. The zero-order chi connectivity index (χ0) is 12.3. The highest BCUT2D eigenvalue weighted by Gasteiger charge is 2.19. The van der Waals surface area contributed by atoms with Crippen LogP contribution in [-0.2, 0) is 0 Å². The lowest BCUT2D eigenvalue weighted by Crippen LogP contribution is -2.19. The molecule has 3 heteroatoms. The van der Waals surface area contributed by atoms with E-state index in [2.05, 4.69) is 6.92 Å². The first-order chi connectivity index (χ1) is 8.16. The minimum absolute atomic E-state index is 0.0311. The number of rotatable bonds is 3. The minimum atomic E-state index is -0.878. The molecule has 1 nitrogen and oxygen atoms in total. The second-order valence-electron chi connectivity index (χ2n) is 4.99. The van der Waals surface area contributed by atoms with E-state index in [1.807, 2.05) is 0 Å². The van der Waals surface area contributed by atoms with Crippen molar-refractivity contribution in [1.29, 1.82) is 0 Å². The zero-order valence-corrected chi connectivity index (χ0v) is 10.1. The maximum atomic E-state index is 13.3. The van der Waals surface area contributed by atoms with Crippen LogP contribution in [0, 0.1) is 23.5 Å². The van der Waals surface area contributed by atoms with Gasteiger partial charge in [0.1, 0.15) is 0 Å². The van der Waals surface area contributed by atoms with E-state index in [1.165, 1.54) is 25.0 Å². The van der Waals surface area contributed by atoms with Gasteiger partial charge in [0.15, 0.2) is 11.6 Å². The van der Waals surface area contributed by atoms with Crippen molar-refractivity contribution in [1.82, 2.24) is 0 Å². The first-order valence-corrected chi connectivity index (χ1v) is 6.23. The molecular weight excluding hydrogens is 222 g/mol. The van der Waals surface area contributed by atoms with Gasteiger partial charge in [-0.15, -0.1) is 0 Å². The lowest BCUT2D eigenvalue weighted by Gasteiger charge is -2.26. The van der Waals surface area contributed by atoms with E-state index in [0.717, 1.165) is 24.8 Å². The van der Waals surface area contributed by atoms with E-state index < -0.39 is 11.6 Å². The van der Waals surface area contributed by atoms with Crippen LogP contribution in [0.4, 0.5) is 8.78 Å². The molecule has 0 unspecified atom stereocenters. The maximum Gasteiger partial charge on any atom is 0.200 e. The van der Waals surface area contributed by atoms with Gasteiger partial charge in [-0.05, 0) is 36.8 Å². The molecule has 1 aromatic carbocycles. The summed E-state index contributed by atoms with van der Waals surface area (Å²) in [5.74, 6) is -0.425. The standard InChI is InChI=1S/C14H18F2O/c1-10-5-7-11(8-6-10)9-17-13-4-2-3-12(15)14(13)16/h2-4,10-11H,5-9H2,1H3. The number of hydrogen-bond donors (Lipinski definition) is 0. The second-order valence-corrected chi connectivity index (χ2v) is 4.99. The van der Waals surface area contributed by atoms with Crippen LogP contribution in [0.1, 0.15) is 32.6 Å². The van der Waals surface area contributed by atoms with Crippen molar-refractivity contribution in [2.75, 3.05) is 6.61 Å². The fraction of sp³-hybridized carbons (Fsp3) is 0.571. The molecule has 0 heterocycles. The van der Waals surface area contributed by atoms with Gasteiger partial charge >= 0.3 is 0 Å². The van der Waals surface area contributed by atoms with Gasteiger partial charge in [-0.2, -0.15) is 4.39 Å². The largest absolute Gasteiger partial charge is 0.490 e. The molecule has 1 saturated carbocycles. The first-order valence-electron chi connectivity index (χ1n) is 6.23. The number of ether oxygens (including phenoxy) is 1. The molecule has 1 aliphatic rings. The third kappa shape index (κ3) is 3.18. The summed E-state index contributed by atoms with van der Waals surface area (Å²) in [5, 5.41) is 0. The van der Waals surface area contributed by atoms with Crippen molar-refractivity contribution in [3.63, 3.8) is 0 Å². The Balaban J connectivity index is 1.87. The van der Waals surface area contributed by atoms with E-state index in [9.17, 15) is 8.78 Å². The van der Waals surface area contributed by atoms with Crippen LogP contribution < -0.4 is 4.74 Å². The van der Waals surface area contributed by atoms with E-state index >= 15 is 0 Å². The monoisotopic (exact) mass is 240 g/mol. The molecular formula is C14H18F2O. The van der Waals surface area contributed by atoms with E-state index in [-0.39, 0.29) is 5.75 Å². The average molecular weight is 240 g/mol. The predicted octanol–water partition coefficient (Wildman–Crippen LogP) is 4.17. The molecule has 2 rings (SSSR count). The molecule has 0 spiro atoms. The highest BCUT2D eigenvalue weighted by Crippen LogP contribution is 2.29. The highest BCUT2D eigenvalue weighted by atomic mass is 19.2. The molecule has 1 aromatic rings. The number of benzene rings is 1. The van der Waals surface area contributed by atoms with Crippen LogP contribution in [0.25, 0.3) is 0 Å². The molecule has 0 radical (unpaired) electrons. The van der Waals surface area contributed by atoms with Crippen LogP contribution in [0.5, 0.6) is 5.75 Å². The molecule has 0 amide bonds. The topological polar surface area (TPSA) is 9.23 Å². The first kappa shape index (κ1) is 12.3. The van der Waals surface area contributed by atoms with Crippen molar-refractivity contribution in [2.24, 2.45) is 11.8 Å². The van der Waals surface area contributed by atoms with Crippen molar-refractivity contribution >= 4 is 0 Å². The molecule has 1 aliphatic carbocycles. The summed E-state index contributed by atoms with van der Waals surface area (Å²) >= 11 is 0. The molecule has 17 heavy (non-hydrogen) atoms. The third-order valence-corrected chi connectivity index (χ3v) is 3.53. The Morgan fingerprint density at radius 3 is 2.59 bits per heavy atom. The Morgan fingerprint density at radius 1 is 1.18 bits per heavy atom. The van der Waals surface area contributed by atoms with E-state index in [0.29, 0.717) is 12.5 Å². The fourth-order valence-electron chi connectivity index (χ4n) is 2.30. The Hall–Kier alpha value is -1.12. The summed E-state index contributed by atoms with van der Waals surface area (Å²) in [4.78, 5) is 0. The number of halogens is 2. The van der Waals surface area contributed by atoms with Crippen LogP contribution in [-0.4, -0.2) is 6.61 Å². The summed E-state index contributed by atoms with van der Waals surface area (Å²) in [6.07, 6.45) is 4.66. The Kier molecular flexibility index (Phi) is 3.97. The van der Waals surface area contributed by atoms with E-state index in [4.69, 9.17) is 4.74 Å². The third-order valence-electron chi connectivity index (χ3n) is 3.53. The van der Waals surface area contributed by atoms with Crippen molar-refractivity contribution in [3.05, 3.63) is 29.8 Å². The molecule has 1 fully saturated rings. The van der Waals surface area contributed by atoms with Crippen LogP contribution in [0.15, 0.2) is 18.2 Å². The van der Waals surface area contributed by atoms with Crippen molar-refractivity contribution in [3.8, 4) is 5.75 Å². The zero-order valence-electron chi connectivity index (χ0n) is 10.1. The molecule has 0 atom stereocenters. The summed E-state index contributed by atoms with van der Waals surface area (Å²) < 4.78 is 31.6. The van der Waals surface area contributed by atoms with Crippen molar-refractivity contribution in [2.45, 2.75) is 32.6 Å². The summed E-state index contributed by atoms with van der Waals surface area (Å²) in [6, 6.07) is 4.05. The normalized spacial score (nSPS) is 24.6. The summed E-state index contributed by atoms with van der Waals surface area (Å²) in [7, 11) is 0. The van der Waals surface area contributed by atoms with Gasteiger partial charge in [0, 0.05) is 0 Å². The van der Waals surface area contributed by atoms with Gasteiger partial charge in [0.25, 0.3) is 0 Å². The maximum absolute atomic E-state index is 13.3. The smallest absolute Gasteiger partial charge is 0.200 e. The molecule has 0 saturated heterocycles. The highest BCUT2D eigenvalue weighted by molar-refractivity contribution is 5.24. The minimum Gasteiger partial charge on any atom is -0.490 e. The Labute approximate surface area is 101 Å². The summed E-state index contributed by atoms with van der Waals surface area (Å²) in [5.41, 5.74) is 0. The molecule has 94 valence electrons. The molecule has 0 aromatic heterocycles. The van der Waals surface area contributed by atoms with Gasteiger partial charge in [-0.1, -0.05) is 25.8 Å². The Bertz CT molecular complexity index is 370. The molecule has 0 bridgehead atoms. The van der Waals surface area contributed by atoms with Crippen LogP contribution >= 0.6 is 0 Å². The second kappa shape index (κ2) is 5.48. The van der Waals surface area contributed by atoms with Gasteiger partial charge < -0.3 is 4.74 Å². The number of hydrogen-bond acceptors (Lipinski definition) is 1. The van der Waals surface area contributed by atoms with Crippen LogP contribution in [0.3, 0.4) is 0 Å². The van der Waals surface area contributed by atoms with Gasteiger partial charge in [-0.3, -0.25) is 0 Å². The quantitative estimate of drug-likeness (QED) is 0.770. The predicted molar refractivity (Wildman–Crippen MR) is 63.0 cm³/mol. The Morgan fingerprint density at radius 2 is 1.88 bits per heavy atom. The molecule has 0 N–H and O–H groups in total. The average Bonchev–Trinajstić information content (AvgIpc) is 2.33. The molecule has 0 aliphatic heterocycles. The van der Waals surface area contributed by atoms with Gasteiger partial charge in [-0.25, -0.2) is 4.39 Å². The lowest BCUT2D eigenvalue weighted by molar-refractivity contribution is 0.182. The summed E-state index contributed by atoms with van der Waals surface area (Å²) in [6.45, 7) is 2.75. The van der Waals surface area contributed by atoms with Gasteiger partial charge in [0.2, 0.25) is 5.82 Å². The van der Waals surface area contributed by atoms with E-state index in [1.54, 1.807) is 0 Å². The SMILES string of the molecule is CC1CCC(COc2cccc(F)c2F)CC1. The van der Waals surface area contributed by atoms with Crippen LogP contribution in [0.2, 0.25) is 0 Å². The van der Waals surface area contributed by atoms with Crippen molar-refractivity contribution < 1.29 is 13.5 Å². The fourth-order valence-corrected chi connectivity index (χ4v) is 2.30.